The summed E-state index contributed by atoms with van der Waals surface area (Å²) in [6, 6.07) is 59.4. The van der Waals surface area contributed by atoms with E-state index in [4.69, 9.17) is 19.9 Å². The number of pyridine rings is 2. The Bertz CT molecular complexity index is 2740. The average Bonchev–Trinajstić information content (AvgIpc) is 3.24. The predicted molar refractivity (Wildman–Crippen MR) is 219 cm³/mol. The highest BCUT2D eigenvalue weighted by atomic mass is 14.9. The van der Waals surface area contributed by atoms with Gasteiger partial charge in [-0.2, -0.15) is 0 Å². The summed E-state index contributed by atoms with van der Waals surface area (Å²) in [6.07, 6.45) is 0.921. The summed E-state index contributed by atoms with van der Waals surface area (Å²) in [5, 5.41) is 2.28. The first-order valence-electron chi connectivity index (χ1n) is 18.1. The van der Waals surface area contributed by atoms with Crippen molar-refractivity contribution >= 4 is 21.8 Å². The summed E-state index contributed by atoms with van der Waals surface area (Å²) in [4.78, 5) is 20.3. The van der Waals surface area contributed by atoms with Crippen LogP contribution in [-0.2, 0) is 6.42 Å². The molecule has 0 aliphatic heterocycles. The second-order valence-corrected chi connectivity index (χ2v) is 13.4. The first-order chi connectivity index (χ1) is 26.1. The van der Waals surface area contributed by atoms with Gasteiger partial charge in [-0.05, 0) is 65.4 Å². The Morgan fingerprint density at radius 3 is 1.62 bits per heavy atom. The molecule has 0 unspecified atom stereocenters. The van der Waals surface area contributed by atoms with Crippen LogP contribution in [0, 0.1) is 6.92 Å². The van der Waals surface area contributed by atoms with Crippen molar-refractivity contribution in [1.29, 1.82) is 0 Å². The molecule has 0 saturated heterocycles. The van der Waals surface area contributed by atoms with Gasteiger partial charge in [-0.3, -0.25) is 4.98 Å². The van der Waals surface area contributed by atoms with E-state index in [1.807, 2.05) is 31.2 Å². The van der Waals surface area contributed by atoms with E-state index in [1.54, 1.807) is 0 Å². The van der Waals surface area contributed by atoms with Crippen LogP contribution in [0.25, 0.3) is 89.2 Å². The van der Waals surface area contributed by atoms with E-state index < -0.39 is 0 Å². The molecule has 0 atom stereocenters. The Hall–Kier alpha value is -6.78. The summed E-state index contributed by atoms with van der Waals surface area (Å²) in [5.41, 5.74) is 15.7. The van der Waals surface area contributed by atoms with E-state index in [9.17, 15) is 0 Å². The molecule has 9 rings (SSSR count). The van der Waals surface area contributed by atoms with Crippen LogP contribution >= 0.6 is 0 Å². The third-order valence-corrected chi connectivity index (χ3v) is 9.96. The molecule has 3 heterocycles. The number of rotatable bonds is 7. The fourth-order valence-corrected chi connectivity index (χ4v) is 7.09. The van der Waals surface area contributed by atoms with Gasteiger partial charge in [0.15, 0.2) is 5.82 Å². The molecule has 0 N–H and O–H groups in total. The van der Waals surface area contributed by atoms with Gasteiger partial charge in [-0.25, -0.2) is 15.0 Å². The van der Waals surface area contributed by atoms with Gasteiger partial charge in [0.1, 0.15) is 0 Å². The second-order valence-electron chi connectivity index (χ2n) is 13.4. The lowest BCUT2D eigenvalue weighted by atomic mass is 9.97. The van der Waals surface area contributed by atoms with Gasteiger partial charge in [-0.1, -0.05) is 153 Å². The van der Waals surface area contributed by atoms with E-state index >= 15 is 0 Å². The van der Waals surface area contributed by atoms with Crippen molar-refractivity contribution < 1.29 is 0 Å². The number of aryl methyl sites for hydroxylation is 2. The summed E-state index contributed by atoms with van der Waals surface area (Å²) < 4.78 is 0. The third-order valence-electron chi connectivity index (χ3n) is 9.96. The van der Waals surface area contributed by atoms with Crippen LogP contribution in [-0.4, -0.2) is 19.9 Å². The lowest BCUT2D eigenvalue weighted by molar-refractivity contribution is 1.15. The maximum absolute atomic E-state index is 5.19. The van der Waals surface area contributed by atoms with Crippen molar-refractivity contribution in [2.75, 3.05) is 0 Å². The minimum atomic E-state index is 0.697. The number of nitrogens with zero attached hydrogens (tertiary/aromatic N) is 4. The molecule has 0 amide bonds. The zero-order valence-corrected chi connectivity index (χ0v) is 29.7. The molecule has 0 radical (unpaired) electrons. The van der Waals surface area contributed by atoms with E-state index in [2.05, 4.69) is 153 Å². The van der Waals surface area contributed by atoms with Crippen LogP contribution in [0.1, 0.15) is 18.2 Å². The fraction of sp³-hybridized carbons (Fsp3) is 0.0612. The Morgan fingerprint density at radius 2 is 0.906 bits per heavy atom. The normalized spacial score (nSPS) is 11.3. The molecule has 9 aromatic rings. The number of hydrogen-bond donors (Lipinski definition) is 0. The third kappa shape index (κ3) is 6.36. The maximum Gasteiger partial charge on any atom is 0.160 e. The van der Waals surface area contributed by atoms with Gasteiger partial charge < -0.3 is 0 Å². The quantitative estimate of drug-likeness (QED) is 0.157. The topological polar surface area (TPSA) is 51.6 Å². The molecule has 3 aromatic heterocycles. The molecule has 4 heteroatoms. The molecule has 6 aromatic carbocycles. The number of hydrogen-bond acceptors (Lipinski definition) is 4. The molecule has 0 fully saturated rings. The summed E-state index contributed by atoms with van der Waals surface area (Å²) in [7, 11) is 0. The van der Waals surface area contributed by atoms with E-state index in [1.165, 1.54) is 16.5 Å². The molecular weight excluding hydrogens is 645 g/mol. The minimum Gasteiger partial charge on any atom is -0.251 e. The van der Waals surface area contributed by atoms with Gasteiger partial charge >= 0.3 is 0 Å². The first kappa shape index (κ1) is 32.1. The molecule has 0 spiro atoms. The number of benzene rings is 6. The van der Waals surface area contributed by atoms with Crippen molar-refractivity contribution in [2.24, 2.45) is 0 Å². The van der Waals surface area contributed by atoms with Crippen LogP contribution in [0.2, 0.25) is 0 Å². The summed E-state index contributed by atoms with van der Waals surface area (Å²) in [6.45, 7) is 4.24. The van der Waals surface area contributed by atoms with Crippen molar-refractivity contribution in [3.8, 4) is 67.4 Å². The molecule has 252 valence electrons. The maximum atomic E-state index is 5.19. The predicted octanol–water partition coefficient (Wildman–Crippen LogP) is 12.4. The largest absolute Gasteiger partial charge is 0.251 e. The molecule has 4 nitrogen and oxygen atoms in total. The van der Waals surface area contributed by atoms with Crippen LogP contribution in [0.3, 0.4) is 0 Å². The van der Waals surface area contributed by atoms with Gasteiger partial charge in [0.25, 0.3) is 0 Å². The molecule has 0 aliphatic rings. The molecule has 0 saturated carbocycles. The van der Waals surface area contributed by atoms with Crippen LogP contribution in [0.5, 0.6) is 0 Å². The Kier molecular flexibility index (Phi) is 8.33. The SMILES string of the molecule is CCc1cc(-c2ccc(-c3cccc(-c4cc(-c5ccccc5)nc(-c5ccc(-c6ccccc6)cc5)n4)c3)cc2)nc2c1ccc1ccc(C)nc12. The van der Waals surface area contributed by atoms with Crippen LogP contribution < -0.4 is 0 Å². The second kappa shape index (κ2) is 13.7. The molecular formula is C49H36N4. The highest BCUT2D eigenvalue weighted by Crippen LogP contribution is 2.34. The fourth-order valence-electron chi connectivity index (χ4n) is 7.09. The van der Waals surface area contributed by atoms with Gasteiger partial charge in [0.05, 0.1) is 28.1 Å². The van der Waals surface area contributed by atoms with E-state index in [0.29, 0.717) is 5.82 Å². The van der Waals surface area contributed by atoms with Crippen LogP contribution in [0.15, 0.2) is 170 Å². The van der Waals surface area contributed by atoms with E-state index in [-0.39, 0.29) is 0 Å². The molecule has 0 bridgehead atoms. The first-order valence-corrected chi connectivity index (χ1v) is 18.1. The summed E-state index contributed by atoms with van der Waals surface area (Å²) in [5.74, 6) is 0.697. The lowest BCUT2D eigenvalue weighted by Gasteiger charge is -2.12. The highest BCUT2D eigenvalue weighted by Gasteiger charge is 2.14. The Labute approximate surface area is 309 Å². The monoisotopic (exact) mass is 680 g/mol. The Morgan fingerprint density at radius 1 is 0.377 bits per heavy atom. The van der Waals surface area contributed by atoms with Gasteiger partial charge in [-0.15, -0.1) is 0 Å². The lowest BCUT2D eigenvalue weighted by Crippen LogP contribution is -1.96. The smallest absolute Gasteiger partial charge is 0.160 e. The highest BCUT2D eigenvalue weighted by molar-refractivity contribution is 6.04. The van der Waals surface area contributed by atoms with E-state index in [0.717, 1.165) is 84.6 Å². The average molecular weight is 681 g/mol. The molecule has 53 heavy (non-hydrogen) atoms. The van der Waals surface area contributed by atoms with Crippen molar-refractivity contribution in [2.45, 2.75) is 20.3 Å². The van der Waals surface area contributed by atoms with Crippen molar-refractivity contribution in [3.63, 3.8) is 0 Å². The van der Waals surface area contributed by atoms with Crippen LogP contribution in [0.4, 0.5) is 0 Å². The van der Waals surface area contributed by atoms with Crippen molar-refractivity contribution in [1.82, 2.24) is 19.9 Å². The zero-order chi connectivity index (χ0) is 35.7. The van der Waals surface area contributed by atoms with Gasteiger partial charge in [0, 0.05) is 38.7 Å². The Balaban J connectivity index is 1.07. The number of fused-ring (bicyclic) bond motifs is 3. The van der Waals surface area contributed by atoms with Crippen molar-refractivity contribution in [3.05, 3.63) is 181 Å². The molecule has 0 aliphatic carbocycles. The standard InChI is InChI=1S/C49H36N4/c1-3-33-30-44(51-48-43(33)28-27-39-18-17-32(2)50-47(39)48)38-23-19-36(20-24-38)41-15-10-16-42(29-41)46-31-45(37-13-8-5-9-14-37)52-49(53-46)40-25-21-35(22-26-40)34-11-6-4-7-12-34/h4-31H,3H2,1-2H3. The summed E-state index contributed by atoms with van der Waals surface area (Å²) >= 11 is 0. The minimum absolute atomic E-state index is 0.697. The zero-order valence-electron chi connectivity index (χ0n) is 29.7. The number of aromatic nitrogens is 4. The van der Waals surface area contributed by atoms with Gasteiger partial charge in [0.2, 0.25) is 0 Å².